The molecule has 12 heteroatoms. The number of ether oxygens (including phenoxy) is 1. The molecule has 6 atom stereocenters. The first-order chi connectivity index (χ1) is 18.1. The third-order valence-electron chi connectivity index (χ3n) is 6.63. The van der Waals surface area contributed by atoms with Gasteiger partial charge in [0.2, 0.25) is 17.7 Å². The topological polar surface area (TPSA) is 195 Å². The molecule has 0 saturated carbocycles. The Morgan fingerprint density at radius 2 is 1.37 bits per heavy atom. The molecular weight excluding hydrogens is 498 g/mol. The molecule has 1 saturated heterocycles. The van der Waals surface area contributed by atoms with Crippen molar-refractivity contribution in [2.24, 2.45) is 0 Å². The highest BCUT2D eigenvalue weighted by molar-refractivity contribution is 5.88. The fourth-order valence-electron chi connectivity index (χ4n) is 4.45. The molecule has 7 N–H and O–H groups in total. The van der Waals surface area contributed by atoms with Crippen LogP contribution in [0.3, 0.4) is 0 Å². The van der Waals surface area contributed by atoms with Crippen LogP contribution in [0.25, 0.3) is 0 Å². The second-order valence-corrected chi connectivity index (χ2v) is 10.0. The number of carboxylic acids is 1. The van der Waals surface area contributed by atoms with Gasteiger partial charge in [0.15, 0.2) is 6.23 Å². The zero-order chi connectivity index (χ0) is 28.5. The molecule has 1 aliphatic rings. The van der Waals surface area contributed by atoms with Crippen LogP contribution in [-0.2, 0) is 23.9 Å². The molecule has 12 nitrogen and oxygen atoms in total. The van der Waals surface area contributed by atoms with Gasteiger partial charge in [-0.15, -0.1) is 0 Å². The van der Waals surface area contributed by atoms with Crippen LogP contribution in [0, 0.1) is 0 Å². The number of aliphatic hydroxyl groups is 3. The summed E-state index contributed by atoms with van der Waals surface area (Å²) in [6.45, 7) is 2.71. The Kier molecular flexibility index (Phi) is 16.8. The molecular formula is C26H47N3O9. The van der Waals surface area contributed by atoms with Crippen LogP contribution in [0.2, 0.25) is 0 Å². The molecule has 0 aliphatic carbocycles. The van der Waals surface area contributed by atoms with E-state index < -0.39 is 73.3 Å². The van der Waals surface area contributed by atoms with Gasteiger partial charge in [-0.25, -0.2) is 4.79 Å². The predicted molar refractivity (Wildman–Crippen MR) is 139 cm³/mol. The number of rotatable bonds is 19. The summed E-state index contributed by atoms with van der Waals surface area (Å²) in [6.07, 6.45) is 6.28. The lowest BCUT2D eigenvalue weighted by Crippen LogP contribution is -2.68. The first-order valence-electron chi connectivity index (χ1n) is 13.8. The van der Waals surface area contributed by atoms with Crippen LogP contribution in [0.4, 0.5) is 0 Å². The lowest BCUT2D eigenvalue weighted by Gasteiger charge is -2.42. The fraction of sp³-hybridized carbons (Fsp3) is 0.846. The maximum atomic E-state index is 12.6. The molecule has 1 fully saturated rings. The Morgan fingerprint density at radius 3 is 1.87 bits per heavy atom. The Hall–Kier alpha value is -2.28. The molecule has 1 heterocycles. The number of amides is 3. The Morgan fingerprint density at radius 1 is 0.816 bits per heavy atom. The Bertz CT molecular complexity index is 737. The Labute approximate surface area is 224 Å². The SMILES string of the molecule is CCCCCCCCCCCCCC(=O)N[C@@H](CC(=O)N[C@@H]1O[C@H](CO)[C@@H](O)[C@H](O)[C@H]1NC(C)=O)C(=O)O. The number of aliphatic carboxylic acids is 1. The first kappa shape index (κ1) is 33.7. The number of carbonyl (C=O) groups is 4. The predicted octanol–water partition coefficient (Wildman–Crippen LogP) is 0.707. The number of aliphatic hydroxyl groups excluding tert-OH is 3. The van der Waals surface area contributed by atoms with E-state index >= 15 is 0 Å². The van der Waals surface area contributed by atoms with E-state index in [1.807, 2.05) is 0 Å². The maximum absolute atomic E-state index is 12.6. The summed E-state index contributed by atoms with van der Waals surface area (Å²) in [5.41, 5.74) is 0. The zero-order valence-corrected chi connectivity index (χ0v) is 22.7. The van der Waals surface area contributed by atoms with E-state index in [9.17, 15) is 39.6 Å². The molecule has 1 rings (SSSR count). The summed E-state index contributed by atoms with van der Waals surface area (Å²) in [5, 5.41) is 46.3. The monoisotopic (exact) mass is 545 g/mol. The number of unbranched alkanes of at least 4 members (excludes halogenated alkanes) is 10. The van der Waals surface area contributed by atoms with E-state index in [0.29, 0.717) is 6.42 Å². The summed E-state index contributed by atoms with van der Waals surface area (Å²) in [7, 11) is 0. The lowest BCUT2D eigenvalue weighted by atomic mass is 9.95. The standard InChI is InChI=1S/C26H47N3O9/c1-3-4-5-6-7-8-9-10-11-12-13-14-20(32)28-18(26(36)37)15-21(33)29-25-22(27-17(2)31)24(35)23(34)19(16-30)38-25/h18-19,22-25,30,34-35H,3-16H2,1-2H3,(H,27,31)(H,28,32)(H,29,33)(H,36,37)/t18-,19+,22+,23+,24+,25+/m0/s1. The number of nitrogens with one attached hydrogen (secondary N) is 3. The highest BCUT2D eigenvalue weighted by Gasteiger charge is 2.45. The summed E-state index contributed by atoms with van der Waals surface area (Å²) < 4.78 is 5.41. The number of carbonyl (C=O) groups excluding carboxylic acids is 3. The van der Waals surface area contributed by atoms with E-state index in [1.54, 1.807) is 0 Å². The van der Waals surface area contributed by atoms with Gasteiger partial charge in [0.05, 0.1) is 13.0 Å². The first-order valence-corrected chi connectivity index (χ1v) is 13.8. The van der Waals surface area contributed by atoms with Crippen molar-refractivity contribution in [1.29, 1.82) is 0 Å². The van der Waals surface area contributed by atoms with Gasteiger partial charge in [-0.2, -0.15) is 0 Å². The lowest BCUT2D eigenvalue weighted by molar-refractivity contribution is -0.203. The highest BCUT2D eigenvalue weighted by Crippen LogP contribution is 2.20. The van der Waals surface area contributed by atoms with Crippen molar-refractivity contribution in [3.8, 4) is 0 Å². The van der Waals surface area contributed by atoms with Crippen molar-refractivity contribution in [2.75, 3.05) is 6.61 Å². The number of carboxylic acid groups (broad SMARTS) is 1. The van der Waals surface area contributed by atoms with Crippen LogP contribution in [0.5, 0.6) is 0 Å². The van der Waals surface area contributed by atoms with Gasteiger partial charge in [-0.3, -0.25) is 14.4 Å². The van der Waals surface area contributed by atoms with Crippen LogP contribution >= 0.6 is 0 Å². The molecule has 0 aromatic rings. The zero-order valence-electron chi connectivity index (χ0n) is 22.7. The number of hydrogen-bond donors (Lipinski definition) is 7. The maximum Gasteiger partial charge on any atom is 0.326 e. The van der Waals surface area contributed by atoms with Crippen LogP contribution in [0.1, 0.15) is 97.3 Å². The molecule has 3 amide bonds. The third-order valence-corrected chi connectivity index (χ3v) is 6.63. The van der Waals surface area contributed by atoms with Gasteiger partial charge in [0.25, 0.3) is 0 Å². The molecule has 220 valence electrons. The van der Waals surface area contributed by atoms with Crippen LogP contribution < -0.4 is 16.0 Å². The van der Waals surface area contributed by atoms with Crippen molar-refractivity contribution in [2.45, 2.75) is 134 Å². The van der Waals surface area contributed by atoms with Crippen molar-refractivity contribution in [3.05, 3.63) is 0 Å². The highest BCUT2D eigenvalue weighted by atomic mass is 16.5. The second-order valence-electron chi connectivity index (χ2n) is 10.0. The number of hydrogen-bond acceptors (Lipinski definition) is 8. The normalized spacial score (nSPS) is 23.9. The quantitative estimate of drug-likeness (QED) is 0.114. The van der Waals surface area contributed by atoms with Crippen LogP contribution in [-0.4, -0.2) is 87.3 Å². The molecule has 0 radical (unpaired) electrons. The van der Waals surface area contributed by atoms with Gasteiger partial charge in [0.1, 0.15) is 30.4 Å². The molecule has 38 heavy (non-hydrogen) atoms. The van der Waals surface area contributed by atoms with Gasteiger partial charge >= 0.3 is 5.97 Å². The van der Waals surface area contributed by atoms with E-state index in [1.165, 1.54) is 51.9 Å². The van der Waals surface area contributed by atoms with E-state index in [-0.39, 0.29) is 6.42 Å². The molecule has 0 aromatic carbocycles. The van der Waals surface area contributed by atoms with Crippen molar-refractivity contribution >= 4 is 23.7 Å². The summed E-state index contributed by atoms with van der Waals surface area (Å²) >= 11 is 0. The molecule has 1 aliphatic heterocycles. The minimum atomic E-state index is -1.56. The minimum absolute atomic E-state index is 0.154. The van der Waals surface area contributed by atoms with E-state index in [2.05, 4.69) is 22.9 Å². The molecule has 0 aromatic heterocycles. The molecule has 0 unspecified atom stereocenters. The fourth-order valence-corrected chi connectivity index (χ4v) is 4.45. The largest absolute Gasteiger partial charge is 0.480 e. The van der Waals surface area contributed by atoms with Gasteiger partial charge < -0.3 is 41.1 Å². The van der Waals surface area contributed by atoms with E-state index in [4.69, 9.17) is 4.74 Å². The van der Waals surface area contributed by atoms with Gasteiger partial charge in [0, 0.05) is 13.3 Å². The summed E-state index contributed by atoms with van der Waals surface area (Å²) in [5.74, 6) is -3.25. The molecule has 0 bridgehead atoms. The van der Waals surface area contributed by atoms with Crippen LogP contribution in [0.15, 0.2) is 0 Å². The van der Waals surface area contributed by atoms with Gasteiger partial charge in [-0.05, 0) is 6.42 Å². The summed E-state index contributed by atoms with van der Waals surface area (Å²) in [4.78, 5) is 48.0. The third kappa shape index (κ3) is 13.0. The average molecular weight is 546 g/mol. The second kappa shape index (κ2) is 18.9. The smallest absolute Gasteiger partial charge is 0.326 e. The minimum Gasteiger partial charge on any atom is -0.480 e. The van der Waals surface area contributed by atoms with Crippen molar-refractivity contribution < 1.29 is 44.3 Å². The van der Waals surface area contributed by atoms with Gasteiger partial charge in [-0.1, -0.05) is 71.1 Å². The molecule has 0 spiro atoms. The van der Waals surface area contributed by atoms with E-state index in [0.717, 1.165) is 19.3 Å². The average Bonchev–Trinajstić information content (AvgIpc) is 2.86. The van der Waals surface area contributed by atoms with Crippen molar-refractivity contribution in [1.82, 2.24) is 16.0 Å². The van der Waals surface area contributed by atoms with Crippen molar-refractivity contribution in [3.63, 3.8) is 0 Å². The Balaban J connectivity index is 2.44. The summed E-state index contributed by atoms with van der Waals surface area (Å²) in [6, 6.07) is -2.73.